The van der Waals surface area contributed by atoms with Crippen molar-refractivity contribution < 1.29 is 14.6 Å². The zero-order chi connectivity index (χ0) is 12.1. The molecule has 0 unspecified atom stereocenters. The predicted molar refractivity (Wildman–Crippen MR) is 66.0 cm³/mol. The van der Waals surface area contributed by atoms with Crippen LogP contribution in [0.2, 0.25) is 0 Å². The summed E-state index contributed by atoms with van der Waals surface area (Å²) in [5.74, 6) is 0. The molecule has 1 aliphatic carbocycles. The van der Waals surface area contributed by atoms with E-state index in [2.05, 4.69) is 4.90 Å². The molecule has 1 N–H and O–H groups in total. The van der Waals surface area contributed by atoms with Crippen LogP contribution < -0.4 is 0 Å². The zero-order valence-electron chi connectivity index (χ0n) is 10.9. The molecule has 0 radical (unpaired) electrons. The van der Waals surface area contributed by atoms with Crippen LogP contribution in [0.15, 0.2) is 0 Å². The molecule has 0 aromatic rings. The first kappa shape index (κ1) is 13.3. The van der Waals surface area contributed by atoms with E-state index < -0.39 is 0 Å². The van der Waals surface area contributed by atoms with Crippen LogP contribution >= 0.6 is 0 Å². The lowest BCUT2D eigenvalue weighted by Gasteiger charge is -2.39. The van der Waals surface area contributed by atoms with Crippen LogP contribution in [-0.2, 0) is 9.47 Å². The van der Waals surface area contributed by atoms with Crippen molar-refractivity contribution in [2.75, 3.05) is 46.6 Å². The Morgan fingerprint density at radius 2 is 2.06 bits per heavy atom. The van der Waals surface area contributed by atoms with E-state index in [1.54, 1.807) is 7.11 Å². The molecular weight excluding hydrogens is 218 g/mol. The summed E-state index contributed by atoms with van der Waals surface area (Å²) < 4.78 is 10.6. The fraction of sp³-hybridized carbons (Fsp3) is 1.00. The summed E-state index contributed by atoms with van der Waals surface area (Å²) in [6.07, 6.45) is 4.59. The normalized spacial score (nSPS) is 24.2. The highest BCUT2D eigenvalue weighted by Gasteiger charge is 2.38. The lowest BCUT2D eigenvalue weighted by Crippen LogP contribution is -2.45. The second-order valence-electron chi connectivity index (χ2n) is 5.46. The van der Waals surface area contributed by atoms with Gasteiger partial charge >= 0.3 is 0 Å². The van der Waals surface area contributed by atoms with Crippen LogP contribution in [0.25, 0.3) is 0 Å². The third kappa shape index (κ3) is 3.65. The van der Waals surface area contributed by atoms with Crippen molar-refractivity contribution in [2.45, 2.75) is 31.7 Å². The van der Waals surface area contributed by atoms with E-state index in [-0.39, 0.29) is 12.0 Å². The van der Waals surface area contributed by atoms with Crippen LogP contribution in [-0.4, -0.2) is 62.7 Å². The van der Waals surface area contributed by atoms with Gasteiger partial charge in [0.05, 0.1) is 13.2 Å². The van der Waals surface area contributed by atoms with Gasteiger partial charge in [-0.1, -0.05) is 0 Å². The fourth-order valence-corrected chi connectivity index (χ4v) is 2.64. The van der Waals surface area contributed by atoms with E-state index in [1.807, 2.05) is 0 Å². The molecule has 4 heteroatoms. The molecule has 0 spiro atoms. The number of ether oxygens (including phenoxy) is 2. The Labute approximate surface area is 104 Å². The van der Waals surface area contributed by atoms with Gasteiger partial charge in [-0.05, 0) is 25.7 Å². The van der Waals surface area contributed by atoms with Crippen molar-refractivity contribution in [3.63, 3.8) is 0 Å². The molecule has 2 rings (SSSR count). The monoisotopic (exact) mass is 243 g/mol. The van der Waals surface area contributed by atoms with E-state index in [1.165, 1.54) is 12.8 Å². The van der Waals surface area contributed by atoms with Crippen LogP contribution in [0, 0.1) is 5.41 Å². The van der Waals surface area contributed by atoms with Crippen molar-refractivity contribution in [1.29, 1.82) is 0 Å². The highest BCUT2D eigenvalue weighted by Crippen LogP contribution is 2.35. The second-order valence-corrected chi connectivity index (χ2v) is 5.46. The number of hydrogen-bond acceptors (Lipinski definition) is 4. The molecule has 17 heavy (non-hydrogen) atoms. The van der Waals surface area contributed by atoms with Crippen LogP contribution in [0.3, 0.4) is 0 Å². The average Bonchev–Trinajstić information content (AvgIpc) is 3.20. The molecule has 4 nitrogen and oxygen atoms in total. The number of methoxy groups -OCH3 is 1. The number of aliphatic hydroxyl groups excluding tert-OH is 1. The molecule has 100 valence electrons. The van der Waals surface area contributed by atoms with E-state index >= 15 is 0 Å². The Morgan fingerprint density at radius 3 is 2.59 bits per heavy atom. The molecule has 1 saturated carbocycles. The van der Waals surface area contributed by atoms with Crippen molar-refractivity contribution in [2.24, 2.45) is 5.41 Å². The number of rotatable bonds is 7. The Kier molecular flexibility index (Phi) is 4.79. The van der Waals surface area contributed by atoms with Gasteiger partial charge < -0.3 is 14.6 Å². The van der Waals surface area contributed by atoms with E-state index in [0.717, 1.165) is 51.8 Å². The van der Waals surface area contributed by atoms with Gasteiger partial charge in [0.1, 0.15) is 0 Å². The minimum atomic E-state index is 0.0641. The number of hydrogen-bond donors (Lipinski definition) is 1. The van der Waals surface area contributed by atoms with Gasteiger partial charge in [-0.3, -0.25) is 4.90 Å². The maximum absolute atomic E-state index is 9.70. The number of nitrogens with zero attached hydrogens (tertiary/aromatic N) is 1. The third-order valence-corrected chi connectivity index (χ3v) is 4.07. The molecule has 0 amide bonds. The van der Waals surface area contributed by atoms with Gasteiger partial charge in [0.15, 0.2) is 0 Å². The molecule has 2 fully saturated rings. The van der Waals surface area contributed by atoms with Gasteiger partial charge in [0, 0.05) is 44.9 Å². The lowest BCUT2D eigenvalue weighted by molar-refractivity contribution is -0.0380. The molecule has 2 aliphatic rings. The van der Waals surface area contributed by atoms with Gasteiger partial charge in [-0.2, -0.15) is 0 Å². The smallest absolute Gasteiger partial charge is 0.0589 e. The summed E-state index contributed by atoms with van der Waals surface area (Å²) in [7, 11) is 1.75. The molecule has 1 aliphatic heterocycles. The molecular formula is C13H25NO3. The van der Waals surface area contributed by atoms with Crippen LogP contribution in [0.5, 0.6) is 0 Å². The Balaban J connectivity index is 1.89. The van der Waals surface area contributed by atoms with Crippen molar-refractivity contribution >= 4 is 0 Å². The molecule has 0 aromatic heterocycles. The summed E-state index contributed by atoms with van der Waals surface area (Å²) in [6.45, 7) is 4.65. The maximum Gasteiger partial charge on any atom is 0.0589 e. The Bertz CT molecular complexity index is 225. The minimum Gasteiger partial charge on any atom is -0.396 e. The summed E-state index contributed by atoms with van der Waals surface area (Å²) in [4.78, 5) is 2.50. The first-order valence-electron chi connectivity index (χ1n) is 6.71. The minimum absolute atomic E-state index is 0.0641. The Hall–Kier alpha value is -0.160. The van der Waals surface area contributed by atoms with Crippen molar-refractivity contribution in [3.05, 3.63) is 0 Å². The molecule has 1 heterocycles. The van der Waals surface area contributed by atoms with Gasteiger partial charge in [0.2, 0.25) is 0 Å². The van der Waals surface area contributed by atoms with Crippen LogP contribution in [0.4, 0.5) is 0 Å². The Morgan fingerprint density at radius 1 is 1.35 bits per heavy atom. The van der Waals surface area contributed by atoms with E-state index in [0.29, 0.717) is 0 Å². The highest BCUT2D eigenvalue weighted by molar-refractivity contribution is 4.91. The van der Waals surface area contributed by atoms with E-state index in [9.17, 15) is 5.11 Å². The topological polar surface area (TPSA) is 41.9 Å². The van der Waals surface area contributed by atoms with Crippen molar-refractivity contribution in [1.82, 2.24) is 4.90 Å². The van der Waals surface area contributed by atoms with Gasteiger partial charge in [0.25, 0.3) is 0 Å². The molecule has 1 saturated heterocycles. The average molecular weight is 243 g/mol. The fourth-order valence-electron chi connectivity index (χ4n) is 2.64. The van der Waals surface area contributed by atoms with Crippen LogP contribution in [0.1, 0.15) is 25.7 Å². The third-order valence-electron chi connectivity index (χ3n) is 4.07. The highest BCUT2D eigenvalue weighted by atomic mass is 16.5. The lowest BCUT2D eigenvalue weighted by atomic mass is 9.80. The first-order valence-corrected chi connectivity index (χ1v) is 6.71. The summed E-state index contributed by atoms with van der Waals surface area (Å²) >= 11 is 0. The van der Waals surface area contributed by atoms with Crippen molar-refractivity contribution in [3.8, 4) is 0 Å². The summed E-state index contributed by atoms with van der Waals surface area (Å²) in [6, 6.07) is 0.733. The standard InChI is InChI=1S/C13H25NO3/c1-16-9-6-14(12-2-3-12)10-13(11-15)4-7-17-8-5-13/h12,15H,2-11H2,1H3. The second kappa shape index (κ2) is 6.14. The summed E-state index contributed by atoms with van der Waals surface area (Å²) in [5, 5.41) is 9.70. The molecule has 0 aromatic carbocycles. The SMILES string of the molecule is COCCN(CC1(CO)CCOCC1)C1CC1. The van der Waals surface area contributed by atoms with E-state index in [4.69, 9.17) is 9.47 Å². The van der Waals surface area contributed by atoms with Gasteiger partial charge in [-0.15, -0.1) is 0 Å². The summed E-state index contributed by atoms with van der Waals surface area (Å²) in [5.41, 5.74) is 0.0641. The maximum atomic E-state index is 9.70. The molecule has 0 atom stereocenters. The first-order chi connectivity index (χ1) is 8.29. The largest absolute Gasteiger partial charge is 0.396 e. The quantitative estimate of drug-likeness (QED) is 0.721. The zero-order valence-corrected chi connectivity index (χ0v) is 10.9. The predicted octanol–water partition coefficient (Wildman–Crippen LogP) is 0.886. The molecule has 0 bridgehead atoms. The van der Waals surface area contributed by atoms with Gasteiger partial charge in [-0.25, -0.2) is 0 Å². The number of aliphatic hydroxyl groups is 1.